The van der Waals surface area contributed by atoms with Crippen molar-refractivity contribution in [2.45, 2.75) is 45.1 Å². The lowest BCUT2D eigenvalue weighted by Gasteiger charge is -2.16. The van der Waals surface area contributed by atoms with Gasteiger partial charge in [-0.2, -0.15) is 0 Å². The van der Waals surface area contributed by atoms with E-state index in [0.717, 1.165) is 56.2 Å². The number of nitrogens with one attached hydrogen (secondary N) is 2. The number of hydrogen-bond donors (Lipinski definition) is 2. The molecule has 1 aromatic heterocycles. The molecule has 1 aliphatic carbocycles. The minimum Gasteiger partial charge on any atom is -0.357 e. The van der Waals surface area contributed by atoms with Gasteiger partial charge < -0.3 is 15.2 Å². The van der Waals surface area contributed by atoms with Crippen molar-refractivity contribution in [1.82, 2.24) is 25.4 Å². The predicted molar refractivity (Wildman–Crippen MR) is 101 cm³/mol. The smallest absolute Gasteiger partial charge is 0.191 e. The van der Waals surface area contributed by atoms with E-state index < -0.39 is 0 Å². The van der Waals surface area contributed by atoms with Crippen LogP contribution < -0.4 is 10.6 Å². The number of guanidine groups is 1. The molecule has 1 fully saturated rings. The van der Waals surface area contributed by atoms with Gasteiger partial charge in [-0.3, -0.25) is 4.99 Å². The van der Waals surface area contributed by atoms with Gasteiger partial charge in [-0.05, 0) is 37.5 Å². The largest absolute Gasteiger partial charge is 0.357 e. The van der Waals surface area contributed by atoms with Crippen LogP contribution in [0, 0.1) is 5.82 Å². The molecular formula is C19H27FN6. The van der Waals surface area contributed by atoms with E-state index >= 15 is 0 Å². The summed E-state index contributed by atoms with van der Waals surface area (Å²) >= 11 is 0. The van der Waals surface area contributed by atoms with Crippen molar-refractivity contribution >= 4 is 5.96 Å². The van der Waals surface area contributed by atoms with Crippen LogP contribution in [-0.2, 0) is 18.4 Å². The first-order valence-electron chi connectivity index (χ1n) is 9.32. The van der Waals surface area contributed by atoms with Gasteiger partial charge in [0.25, 0.3) is 0 Å². The highest BCUT2D eigenvalue weighted by atomic mass is 19.1. The molecule has 140 valence electrons. The summed E-state index contributed by atoms with van der Waals surface area (Å²) < 4.78 is 15.6. The van der Waals surface area contributed by atoms with Crippen LogP contribution >= 0.6 is 0 Å². The minimum atomic E-state index is -0.177. The summed E-state index contributed by atoms with van der Waals surface area (Å²) in [6, 6.07) is 6.91. The Balaban J connectivity index is 1.59. The van der Waals surface area contributed by atoms with Crippen LogP contribution in [0.1, 0.15) is 38.1 Å². The zero-order chi connectivity index (χ0) is 18.4. The molecule has 0 atom stereocenters. The molecule has 7 heteroatoms. The normalized spacial score (nSPS) is 15.7. The van der Waals surface area contributed by atoms with E-state index in [0.29, 0.717) is 6.54 Å². The number of aryl methyl sites for hydroxylation is 1. The van der Waals surface area contributed by atoms with Gasteiger partial charge in [0.2, 0.25) is 0 Å². The molecule has 0 aliphatic heterocycles. The van der Waals surface area contributed by atoms with E-state index in [1.807, 2.05) is 17.6 Å². The number of rotatable bonds is 8. The van der Waals surface area contributed by atoms with Crippen LogP contribution in [0.4, 0.5) is 4.39 Å². The van der Waals surface area contributed by atoms with E-state index in [9.17, 15) is 4.39 Å². The predicted octanol–water partition coefficient (Wildman–Crippen LogP) is 2.27. The van der Waals surface area contributed by atoms with Crippen LogP contribution in [-0.4, -0.2) is 40.4 Å². The highest BCUT2D eigenvalue weighted by molar-refractivity contribution is 5.79. The molecule has 3 rings (SSSR count). The van der Waals surface area contributed by atoms with E-state index in [1.165, 1.54) is 6.07 Å². The standard InChI is InChI=1S/C19H27FN6/c1-3-17-25-24-14-26(17)11-10-22-18(21-4-2)23-13-19(8-9-19)15-6-5-7-16(20)12-15/h5-7,12,14H,3-4,8-11,13H2,1-2H3,(H2,21,22,23). The number of halogens is 1. The zero-order valence-electron chi connectivity index (χ0n) is 15.5. The van der Waals surface area contributed by atoms with Crippen molar-refractivity contribution < 1.29 is 4.39 Å². The first kappa shape index (κ1) is 18.4. The second-order valence-electron chi connectivity index (χ2n) is 6.71. The lowest BCUT2D eigenvalue weighted by Crippen LogP contribution is -2.39. The van der Waals surface area contributed by atoms with E-state index in [1.54, 1.807) is 18.5 Å². The third-order valence-electron chi connectivity index (χ3n) is 4.83. The molecule has 26 heavy (non-hydrogen) atoms. The molecular weight excluding hydrogens is 331 g/mol. The monoisotopic (exact) mass is 358 g/mol. The molecule has 2 aromatic rings. The maximum atomic E-state index is 13.5. The number of hydrogen-bond acceptors (Lipinski definition) is 3. The summed E-state index contributed by atoms with van der Waals surface area (Å²) in [4.78, 5) is 4.75. The molecule has 1 aliphatic rings. The fraction of sp³-hybridized carbons (Fsp3) is 0.526. The molecule has 0 radical (unpaired) electrons. The van der Waals surface area contributed by atoms with Crippen LogP contribution in [0.3, 0.4) is 0 Å². The highest BCUT2D eigenvalue weighted by Gasteiger charge is 2.44. The van der Waals surface area contributed by atoms with Crippen LogP contribution in [0.15, 0.2) is 35.6 Å². The van der Waals surface area contributed by atoms with Gasteiger partial charge >= 0.3 is 0 Å². The lowest BCUT2D eigenvalue weighted by molar-refractivity contribution is 0.613. The van der Waals surface area contributed by atoms with Crippen LogP contribution in [0.2, 0.25) is 0 Å². The summed E-state index contributed by atoms with van der Waals surface area (Å²) in [6.45, 7) is 7.11. The Bertz CT molecular complexity index is 750. The Hall–Kier alpha value is -2.44. The molecule has 0 saturated heterocycles. The van der Waals surface area contributed by atoms with Crippen molar-refractivity contribution in [2.75, 3.05) is 19.6 Å². The Morgan fingerprint density at radius 1 is 1.31 bits per heavy atom. The zero-order valence-corrected chi connectivity index (χ0v) is 15.5. The topological polar surface area (TPSA) is 67.1 Å². The molecule has 1 heterocycles. The summed E-state index contributed by atoms with van der Waals surface area (Å²) in [5.74, 6) is 1.60. The van der Waals surface area contributed by atoms with Gasteiger partial charge in [0, 0.05) is 31.5 Å². The molecule has 0 spiro atoms. The lowest BCUT2D eigenvalue weighted by atomic mass is 9.96. The van der Waals surface area contributed by atoms with Crippen LogP contribution in [0.25, 0.3) is 0 Å². The molecule has 0 unspecified atom stereocenters. The average Bonchev–Trinajstić information content (AvgIpc) is 3.31. The Kier molecular flexibility index (Phi) is 5.85. The first-order valence-corrected chi connectivity index (χ1v) is 9.32. The summed E-state index contributed by atoms with van der Waals surface area (Å²) in [5.41, 5.74) is 1.04. The van der Waals surface area contributed by atoms with Crippen molar-refractivity contribution in [1.29, 1.82) is 0 Å². The third kappa shape index (κ3) is 4.39. The molecule has 6 nitrogen and oxygen atoms in total. The van der Waals surface area contributed by atoms with E-state index in [-0.39, 0.29) is 11.2 Å². The van der Waals surface area contributed by atoms with E-state index in [2.05, 4.69) is 27.8 Å². The number of aliphatic imine (C=N–C) groups is 1. The van der Waals surface area contributed by atoms with Gasteiger partial charge in [0.15, 0.2) is 5.96 Å². The second kappa shape index (κ2) is 8.29. The SMILES string of the molecule is CCNC(=NCC1(c2cccc(F)c2)CC1)NCCn1cnnc1CC. The van der Waals surface area contributed by atoms with Gasteiger partial charge in [0.1, 0.15) is 18.0 Å². The summed E-state index contributed by atoms with van der Waals surface area (Å²) in [7, 11) is 0. The maximum Gasteiger partial charge on any atom is 0.191 e. The molecule has 1 aromatic carbocycles. The minimum absolute atomic E-state index is 0.00585. The first-order chi connectivity index (χ1) is 12.7. The van der Waals surface area contributed by atoms with Crippen LogP contribution in [0.5, 0.6) is 0 Å². The van der Waals surface area contributed by atoms with Crippen molar-refractivity contribution in [2.24, 2.45) is 4.99 Å². The number of benzene rings is 1. The maximum absolute atomic E-state index is 13.5. The number of aromatic nitrogens is 3. The van der Waals surface area contributed by atoms with E-state index in [4.69, 9.17) is 4.99 Å². The number of nitrogens with zero attached hydrogens (tertiary/aromatic N) is 4. The summed E-state index contributed by atoms with van der Waals surface area (Å²) in [6.07, 6.45) is 4.73. The molecule has 0 bridgehead atoms. The summed E-state index contributed by atoms with van der Waals surface area (Å²) in [5, 5.41) is 14.7. The van der Waals surface area contributed by atoms with Gasteiger partial charge in [0.05, 0.1) is 6.54 Å². The van der Waals surface area contributed by atoms with Gasteiger partial charge in [-0.1, -0.05) is 19.1 Å². The van der Waals surface area contributed by atoms with Crippen molar-refractivity contribution in [3.8, 4) is 0 Å². The van der Waals surface area contributed by atoms with Crippen molar-refractivity contribution in [3.63, 3.8) is 0 Å². The highest BCUT2D eigenvalue weighted by Crippen LogP contribution is 2.48. The van der Waals surface area contributed by atoms with Gasteiger partial charge in [-0.25, -0.2) is 4.39 Å². The molecule has 0 amide bonds. The fourth-order valence-corrected chi connectivity index (χ4v) is 3.11. The second-order valence-corrected chi connectivity index (χ2v) is 6.71. The molecule has 2 N–H and O–H groups in total. The van der Waals surface area contributed by atoms with Gasteiger partial charge in [-0.15, -0.1) is 10.2 Å². The molecule has 1 saturated carbocycles. The third-order valence-corrected chi connectivity index (χ3v) is 4.83. The quantitative estimate of drug-likeness (QED) is 0.561. The average molecular weight is 358 g/mol. The Morgan fingerprint density at radius 2 is 2.15 bits per heavy atom. The fourth-order valence-electron chi connectivity index (χ4n) is 3.11. The van der Waals surface area contributed by atoms with Crippen molar-refractivity contribution in [3.05, 3.63) is 47.8 Å². The Morgan fingerprint density at radius 3 is 2.85 bits per heavy atom. The Labute approximate surface area is 153 Å².